The maximum Gasteiger partial charge on any atom is 0.339 e. The molecule has 0 aliphatic carbocycles. The maximum absolute atomic E-state index is 12.3. The van der Waals surface area contributed by atoms with Crippen LogP contribution in [0.3, 0.4) is 0 Å². The molecule has 0 radical (unpaired) electrons. The normalized spacial score (nSPS) is 10.2. The van der Waals surface area contributed by atoms with Crippen LogP contribution in [0.15, 0.2) is 41.6 Å². The summed E-state index contributed by atoms with van der Waals surface area (Å²) < 4.78 is 4.66. The van der Waals surface area contributed by atoms with Gasteiger partial charge in [-0.05, 0) is 36.1 Å². The van der Waals surface area contributed by atoms with Gasteiger partial charge in [0.15, 0.2) is 0 Å². The van der Waals surface area contributed by atoms with E-state index in [1.807, 2.05) is 6.92 Å². The fraction of sp³-hybridized carbons (Fsp3) is 0.188. The number of ether oxygens (including phenoxy) is 1. The van der Waals surface area contributed by atoms with Gasteiger partial charge in [0.2, 0.25) is 0 Å². The van der Waals surface area contributed by atoms with Crippen molar-refractivity contribution in [1.29, 1.82) is 0 Å². The Morgan fingerprint density at radius 2 is 2.09 bits per heavy atom. The van der Waals surface area contributed by atoms with E-state index in [1.54, 1.807) is 36.2 Å². The summed E-state index contributed by atoms with van der Waals surface area (Å²) in [7, 11) is 1.27. The third-order valence-corrected chi connectivity index (χ3v) is 4.06. The number of esters is 1. The molecule has 0 fully saturated rings. The van der Waals surface area contributed by atoms with Gasteiger partial charge in [0.1, 0.15) is 0 Å². The van der Waals surface area contributed by atoms with E-state index in [-0.39, 0.29) is 16.5 Å². The first-order valence-corrected chi connectivity index (χ1v) is 8.19. The second-order valence-corrected chi connectivity index (χ2v) is 6.15. The van der Waals surface area contributed by atoms with Crippen molar-refractivity contribution >= 4 is 40.9 Å². The molecule has 0 atom stereocenters. The molecule has 0 unspecified atom stereocenters. The SMILES string of the molecule is CCSc1cc(C(=O)Nc2ccc(Cl)c(C(=O)OC)c2)ccn1. The molecule has 7 heteroatoms. The molecule has 2 rings (SSSR count). The zero-order valence-corrected chi connectivity index (χ0v) is 14.2. The lowest BCUT2D eigenvalue weighted by Gasteiger charge is -2.09. The standard InChI is InChI=1S/C16H15ClN2O3S/c1-3-23-14-8-10(6-7-18-14)15(20)19-11-4-5-13(17)12(9-11)16(21)22-2/h4-9H,3H2,1-2H3,(H,19,20). The van der Waals surface area contributed by atoms with E-state index < -0.39 is 5.97 Å². The number of carbonyl (C=O) groups excluding carboxylic acids is 2. The van der Waals surface area contributed by atoms with E-state index in [0.29, 0.717) is 11.3 Å². The van der Waals surface area contributed by atoms with E-state index in [2.05, 4.69) is 15.0 Å². The first-order chi connectivity index (χ1) is 11.0. The summed E-state index contributed by atoms with van der Waals surface area (Å²) in [5.41, 5.74) is 1.15. The van der Waals surface area contributed by atoms with Crippen molar-refractivity contribution in [1.82, 2.24) is 4.98 Å². The maximum atomic E-state index is 12.3. The molecule has 2 aromatic rings. The minimum absolute atomic E-state index is 0.198. The largest absolute Gasteiger partial charge is 0.465 e. The second kappa shape index (κ2) is 7.99. The lowest BCUT2D eigenvalue weighted by Crippen LogP contribution is -2.13. The zero-order valence-electron chi connectivity index (χ0n) is 12.6. The van der Waals surface area contributed by atoms with Crippen LogP contribution in [-0.4, -0.2) is 29.7 Å². The molecule has 0 saturated heterocycles. The number of amides is 1. The topological polar surface area (TPSA) is 68.3 Å². The van der Waals surface area contributed by atoms with Crippen LogP contribution < -0.4 is 5.32 Å². The molecule has 0 bridgehead atoms. The molecule has 0 aliphatic heterocycles. The number of pyridine rings is 1. The number of benzene rings is 1. The van der Waals surface area contributed by atoms with Gasteiger partial charge in [0, 0.05) is 17.4 Å². The van der Waals surface area contributed by atoms with Crippen LogP contribution in [0.5, 0.6) is 0 Å². The molecule has 0 aliphatic rings. The van der Waals surface area contributed by atoms with Crippen molar-refractivity contribution < 1.29 is 14.3 Å². The minimum Gasteiger partial charge on any atom is -0.465 e. The Balaban J connectivity index is 2.20. The predicted molar refractivity (Wildman–Crippen MR) is 91.4 cm³/mol. The van der Waals surface area contributed by atoms with E-state index in [0.717, 1.165) is 10.8 Å². The highest BCUT2D eigenvalue weighted by molar-refractivity contribution is 7.99. The first-order valence-electron chi connectivity index (χ1n) is 6.83. The number of methoxy groups -OCH3 is 1. The molecule has 0 saturated carbocycles. The van der Waals surface area contributed by atoms with Crippen LogP contribution >= 0.6 is 23.4 Å². The average Bonchev–Trinajstić information content (AvgIpc) is 2.56. The summed E-state index contributed by atoms with van der Waals surface area (Å²) in [4.78, 5) is 28.1. The Kier molecular flexibility index (Phi) is 6.01. The Morgan fingerprint density at radius 3 is 2.78 bits per heavy atom. The van der Waals surface area contributed by atoms with Crippen LogP contribution in [-0.2, 0) is 4.74 Å². The third-order valence-electron chi connectivity index (χ3n) is 2.92. The molecular formula is C16H15ClN2O3S. The molecule has 1 aromatic carbocycles. The van der Waals surface area contributed by atoms with Crippen molar-refractivity contribution in [2.45, 2.75) is 11.9 Å². The molecule has 1 amide bonds. The Hall–Kier alpha value is -2.05. The molecule has 120 valence electrons. The smallest absolute Gasteiger partial charge is 0.339 e. The first kappa shape index (κ1) is 17.3. The monoisotopic (exact) mass is 350 g/mol. The highest BCUT2D eigenvalue weighted by Gasteiger charge is 2.13. The van der Waals surface area contributed by atoms with Gasteiger partial charge in [-0.25, -0.2) is 9.78 Å². The summed E-state index contributed by atoms with van der Waals surface area (Å²) in [5, 5.41) is 3.78. The molecule has 5 nitrogen and oxygen atoms in total. The zero-order chi connectivity index (χ0) is 16.8. The molecular weight excluding hydrogens is 336 g/mol. The molecule has 1 heterocycles. The number of rotatable bonds is 5. The van der Waals surface area contributed by atoms with Gasteiger partial charge in [0.05, 0.1) is 22.7 Å². The Bertz CT molecular complexity index is 737. The molecule has 1 aromatic heterocycles. The van der Waals surface area contributed by atoms with Gasteiger partial charge in [-0.15, -0.1) is 11.8 Å². The predicted octanol–water partition coefficient (Wildman–Crippen LogP) is 3.89. The molecule has 1 N–H and O–H groups in total. The summed E-state index contributed by atoms with van der Waals surface area (Å²) in [6.45, 7) is 2.02. The number of thioether (sulfide) groups is 1. The number of nitrogens with one attached hydrogen (secondary N) is 1. The highest BCUT2D eigenvalue weighted by Crippen LogP contribution is 2.22. The Morgan fingerprint density at radius 1 is 1.30 bits per heavy atom. The number of halogens is 1. The van der Waals surface area contributed by atoms with Crippen molar-refractivity contribution in [2.75, 3.05) is 18.2 Å². The van der Waals surface area contributed by atoms with Crippen LogP contribution in [0.2, 0.25) is 5.02 Å². The number of anilines is 1. The van der Waals surface area contributed by atoms with E-state index in [1.165, 1.54) is 19.2 Å². The summed E-state index contributed by atoms with van der Waals surface area (Å²) in [6, 6.07) is 7.99. The summed E-state index contributed by atoms with van der Waals surface area (Å²) in [6.07, 6.45) is 1.59. The van der Waals surface area contributed by atoms with Gasteiger partial charge in [-0.2, -0.15) is 0 Å². The van der Waals surface area contributed by atoms with Gasteiger partial charge < -0.3 is 10.1 Å². The van der Waals surface area contributed by atoms with E-state index in [4.69, 9.17) is 11.6 Å². The average molecular weight is 351 g/mol. The number of hydrogen-bond donors (Lipinski definition) is 1. The molecule has 23 heavy (non-hydrogen) atoms. The van der Waals surface area contributed by atoms with Gasteiger partial charge in [0.25, 0.3) is 5.91 Å². The number of hydrogen-bond acceptors (Lipinski definition) is 5. The number of aromatic nitrogens is 1. The summed E-state index contributed by atoms with van der Waals surface area (Å²) in [5.74, 6) is 0.0257. The third kappa shape index (κ3) is 4.46. The van der Waals surface area contributed by atoms with E-state index in [9.17, 15) is 9.59 Å². The van der Waals surface area contributed by atoms with Crippen molar-refractivity contribution in [3.63, 3.8) is 0 Å². The van der Waals surface area contributed by atoms with Gasteiger partial charge >= 0.3 is 5.97 Å². The van der Waals surface area contributed by atoms with E-state index >= 15 is 0 Å². The van der Waals surface area contributed by atoms with Crippen molar-refractivity contribution in [3.8, 4) is 0 Å². The lowest BCUT2D eigenvalue weighted by atomic mass is 10.2. The minimum atomic E-state index is -0.559. The fourth-order valence-electron chi connectivity index (χ4n) is 1.85. The second-order valence-electron chi connectivity index (χ2n) is 4.46. The summed E-state index contributed by atoms with van der Waals surface area (Å²) >= 11 is 7.51. The number of nitrogens with zero attached hydrogens (tertiary/aromatic N) is 1. The van der Waals surface area contributed by atoms with Crippen molar-refractivity contribution in [2.24, 2.45) is 0 Å². The lowest BCUT2D eigenvalue weighted by molar-refractivity contribution is 0.0600. The van der Waals surface area contributed by atoms with Crippen LogP contribution in [0.25, 0.3) is 0 Å². The van der Waals surface area contributed by atoms with Crippen LogP contribution in [0, 0.1) is 0 Å². The highest BCUT2D eigenvalue weighted by atomic mass is 35.5. The van der Waals surface area contributed by atoms with Crippen molar-refractivity contribution in [3.05, 3.63) is 52.7 Å². The fourth-order valence-corrected chi connectivity index (χ4v) is 2.69. The quantitative estimate of drug-likeness (QED) is 0.654. The van der Waals surface area contributed by atoms with Gasteiger partial charge in [-0.1, -0.05) is 18.5 Å². The molecule has 0 spiro atoms. The van der Waals surface area contributed by atoms with Gasteiger partial charge in [-0.3, -0.25) is 4.79 Å². The van der Waals surface area contributed by atoms with Crippen LogP contribution in [0.1, 0.15) is 27.6 Å². The number of carbonyl (C=O) groups is 2. The Labute approximate surface area is 143 Å². The van der Waals surface area contributed by atoms with Crippen LogP contribution in [0.4, 0.5) is 5.69 Å².